The molecule has 0 spiro atoms. The number of benzene rings is 2. The topological polar surface area (TPSA) is 67.9 Å². The summed E-state index contributed by atoms with van der Waals surface area (Å²) in [5, 5.41) is 2.78. The van der Waals surface area contributed by atoms with E-state index in [2.05, 4.69) is 5.32 Å². The van der Waals surface area contributed by atoms with Gasteiger partial charge in [-0.15, -0.1) is 0 Å². The van der Waals surface area contributed by atoms with Crippen LogP contribution in [0.3, 0.4) is 0 Å². The Morgan fingerprint density at radius 3 is 2.48 bits per heavy atom. The minimum absolute atomic E-state index is 0.0532. The number of carbonyl (C=O) groups is 2. The van der Waals surface area contributed by atoms with Crippen LogP contribution in [0.1, 0.15) is 26.7 Å². The minimum atomic E-state index is -1.02. The van der Waals surface area contributed by atoms with Crippen LogP contribution in [-0.2, 0) is 9.59 Å². The molecule has 1 aliphatic heterocycles. The normalized spacial score (nSPS) is 16.3. The molecule has 1 saturated heterocycles. The fourth-order valence-corrected chi connectivity index (χ4v) is 3.35. The van der Waals surface area contributed by atoms with Gasteiger partial charge in [0.25, 0.3) is 0 Å². The van der Waals surface area contributed by atoms with Gasteiger partial charge in [-0.3, -0.25) is 9.59 Å². The second-order valence-electron chi connectivity index (χ2n) is 6.98. The van der Waals surface area contributed by atoms with Crippen molar-refractivity contribution in [1.29, 1.82) is 0 Å². The van der Waals surface area contributed by atoms with Crippen molar-refractivity contribution < 1.29 is 27.8 Å². The lowest BCUT2D eigenvalue weighted by atomic mass is 10.1. The molecule has 29 heavy (non-hydrogen) atoms. The Morgan fingerprint density at radius 1 is 1.14 bits per heavy atom. The molecule has 0 saturated carbocycles. The number of methoxy groups -OCH3 is 1. The third-order valence-corrected chi connectivity index (χ3v) is 4.67. The standard InChI is InChI=1S/C21H22F2N2O4/c1-12(2)25-18(7-9-20(25)26)21(27)24-17-11-14(5-8-19(17)28-3)29-13-4-6-15(22)16(23)10-13/h4-6,8,10-12,18H,7,9H2,1-3H3,(H,24,27). The van der Waals surface area contributed by atoms with Gasteiger partial charge in [-0.25, -0.2) is 8.78 Å². The average Bonchev–Trinajstić information content (AvgIpc) is 3.07. The first-order valence-corrected chi connectivity index (χ1v) is 9.23. The summed E-state index contributed by atoms with van der Waals surface area (Å²) in [4.78, 5) is 26.4. The number of anilines is 1. The first kappa shape index (κ1) is 20.6. The van der Waals surface area contributed by atoms with Gasteiger partial charge in [-0.1, -0.05) is 0 Å². The van der Waals surface area contributed by atoms with Crippen LogP contribution in [0.2, 0.25) is 0 Å². The van der Waals surface area contributed by atoms with Crippen molar-refractivity contribution in [1.82, 2.24) is 4.90 Å². The minimum Gasteiger partial charge on any atom is -0.495 e. The quantitative estimate of drug-likeness (QED) is 0.787. The summed E-state index contributed by atoms with van der Waals surface area (Å²) in [6.07, 6.45) is 0.767. The molecule has 1 heterocycles. The summed E-state index contributed by atoms with van der Waals surface area (Å²) in [7, 11) is 1.46. The van der Waals surface area contributed by atoms with E-state index in [9.17, 15) is 18.4 Å². The van der Waals surface area contributed by atoms with E-state index in [0.29, 0.717) is 30.0 Å². The van der Waals surface area contributed by atoms with E-state index in [-0.39, 0.29) is 23.6 Å². The highest BCUT2D eigenvalue weighted by Crippen LogP contribution is 2.33. The summed E-state index contributed by atoms with van der Waals surface area (Å²) in [6, 6.07) is 7.23. The zero-order valence-electron chi connectivity index (χ0n) is 16.4. The van der Waals surface area contributed by atoms with Gasteiger partial charge >= 0.3 is 0 Å². The highest BCUT2D eigenvalue weighted by atomic mass is 19.2. The lowest BCUT2D eigenvalue weighted by molar-refractivity contribution is -0.135. The van der Waals surface area contributed by atoms with Crippen LogP contribution in [-0.4, -0.2) is 35.9 Å². The Hall–Kier alpha value is -3.16. The lowest BCUT2D eigenvalue weighted by Crippen LogP contribution is -2.45. The number of halogens is 2. The summed E-state index contributed by atoms with van der Waals surface area (Å²) in [5.41, 5.74) is 0.348. The molecule has 2 aromatic rings. The molecule has 1 fully saturated rings. The summed E-state index contributed by atoms with van der Waals surface area (Å²) >= 11 is 0. The molecule has 0 aromatic heterocycles. The van der Waals surface area contributed by atoms with Crippen molar-refractivity contribution in [3.63, 3.8) is 0 Å². The summed E-state index contributed by atoms with van der Waals surface area (Å²) < 4.78 is 37.3. The monoisotopic (exact) mass is 404 g/mol. The van der Waals surface area contributed by atoms with Crippen molar-refractivity contribution in [3.05, 3.63) is 48.0 Å². The number of amides is 2. The van der Waals surface area contributed by atoms with Gasteiger partial charge < -0.3 is 19.7 Å². The van der Waals surface area contributed by atoms with E-state index in [1.165, 1.54) is 19.2 Å². The molecule has 1 atom stereocenters. The van der Waals surface area contributed by atoms with Crippen LogP contribution in [0.5, 0.6) is 17.2 Å². The van der Waals surface area contributed by atoms with Crippen LogP contribution in [0, 0.1) is 11.6 Å². The molecule has 8 heteroatoms. The summed E-state index contributed by atoms with van der Waals surface area (Å²) in [6.45, 7) is 3.72. The Labute approximate surface area is 167 Å². The molecule has 1 N–H and O–H groups in total. The SMILES string of the molecule is COc1ccc(Oc2ccc(F)c(F)c2)cc1NC(=O)C1CCC(=O)N1C(C)C. The average molecular weight is 404 g/mol. The predicted molar refractivity (Wildman–Crippen MR) is 103 cm³/mol. The van der Waals surface area contributed by atoms with E-state index >= 15 is 0 Å². The van der Waals surface area contributed by atoms with E-state index in [1.54, 1.807) is 17.0 Å². The Balaban J connectivity index is 1.81. The van der Waals surface area contributed by atoms with Crippen molar-refractivity contribution in [3.8, 4) is 17.2 Å². The molecule has 0 aliphatic carbocycles. The van der Waals surface area contributed by atoms with Crippen molar-refractivity contribution in [2.24, 2.45) is 0 Å². The zero-order chi connectivity index (χ0) is 21.1. The molecule has 2 aromatic carbocycles. The van der Waals surface area contributed by atoms with E-state index < -0.39 is 17.7 Å². The molecule has 3 rings (SSSR count). The molecule has 6 nitrogen and oxygen atoms in total. The molecule has 154 valence electrons. The second-order valence-corrected chi connectivity index (χ2v) is 6.98. The Kier molecular flexibility index (Phi) is 6.00. The van der Waals surface area contributed by atoms with Crippen molar-refractivity contribution in [2.45, 2.75) is 38.8 Å². The van der Waals surface area contributed by atoms with Gasteiger partial charge in [0.2, 0.25) is 11.8 Å². The second kappa shape index (κ2) is 8.46. The fraction of sp³-hybridized carbons (Fsp3) is 0.333. The maximum Gasteiger partial charge on any atom is 0.247 e. The van der Waals surface area contributed by atoms with Gasteiger partial charge in [0, 0.05) is 24.6 Å². The number of nitrogens with one attached hydrogen (secondary N) is 1. The zero-order valence-corrected chi connectivity index (χ0v) is 16.4. The van der Waals surface area contributed by atoms with Crippen LogP contribution < -0.4 is 14.8 Å². The molecular weight excluding hydrogens is 382 g/mol. The Bertz CT molecular complexity index is 933. The number of rotatable bonds is 6. The van der Waals surface area contributed by atoms with Crippen LogP contribution in [0.4, 0.5) is 14.5 Å². The summed E-state index contributed by atoms with van der Waals surface area (Å²) in [5.74, 6) is -1.56. The molecular formula is C21H22F2N2O4. The number of nitrogens with zero attached hydrogens (tertiary/aromatic N) is 1. The van der Waals surface area contributed by atoms with Crippen molar-refractivity contribution in [2.75, 3.05) is 12.4 Å². The van der Waals surface area contributed by atoms with Crippen molar-refractivity contribution >= 4 is 17.5 Å². The van der Waals surface area contributed by atoms with Gasteiger partial charge in [0.15, 0.2) is 11.6 Å². The van der Waals surface area contributed by atoms with Gasteiger partial charge in [-0.2, -0.15) is 0 Å². The van der Waals surface area contributed by atoms with Gasteiger partial charge in [0.05, 0.1) is 12.8 Å². The fourth-order valence-electron chi connectivity index (χ4n) is 3.35. The third kappa shape index (κ3) is 4.47. The van der Waals surface area contributed by atoms with Crippen LogP contribution in [0.25, 0.3) is 0 Å². The van der Waals surface area contributed by atoms with Gasteiger partial charge in [0.1, 0.15) is 23.3 Å². The first-order valence-electron chi connectivity index (χ1n) is 9.23. The van der Waals surface area contributed by atoms with Crippen LogP contribution >= 0.6 is 0 Å². The number of hydrogen-bond donors (Lipinski definition) is 1. The smallest absolute Gasteiger partial charge is 0.247 e. The molecule has 0 radical (unpaired) electrons. The number of carbonyl (C=O) groups excluding carboxylic acids is 2. The van der Waals surface area contributed by atoms with E-state index in [0.717, 1.165) is 12.1 Å². The first-order chi connectivity index (χ1) is 13.8. The maximum atomic E-state index is 13.4. The highest BCUT2D eigenvalue weighted by molar-refractivity contribution is 6.00. The molecule has 1 aliphatic rings. The molecule has 1 unspecified atom stereocenters. The highest BCUT2D eigenvalue weighted by Gasteiger charge is 2.37. The Morgan fingerprint density at radius 2 is 1.83 bits per heavy atom. The van der Waals surface area contributed by atoms with E-state index in [4.69, 9.17) is 9.47 Å². The number of ether oxygens (including phenoxy) is 2. The molecule has 2 amide bonds. The largest absolute Gasteiger partial charge is 0.495 e. The maximum absolute atomic E-state index is 13.4. The van der Waals surface area contributed by atoms with Gasteiger partial charge in [-0.05, 0) is 44.5 Å². The third-order valence-electron chi connectivity index (χ3n) is 4.67. The number of hydrogen-bond acceptors (Lipinski definition) is 4. The molecule has 0 bridgehead atoms. The van der Waals surface area contributed by atoms with Crippen LogP contribution in [0.15, 0.2) is 36.4 Å². The van der Waals surface area contributed by atoms with E-state index in [1.807, 2.05) is 13.8 Å². The lowest BCUT2D eigenvalue weighted by Gasteiger charge is -2.28. The predicted octanol–water partition coefficient (Wildman–Crippen LogP) is 4.10. The number of likely N-dealkylation sites (tertiary alicyclic amines) is 1.